The molecular formula is C18H27F6N7O3P2. The molecule has 3 saturated heterocycles. The van der Waals surface area contributed by atoms with E-state index < -0.39 is 15.8 Å². The molecule has 0 aliphatic carbocycles. The quantitative estimate of drug-likeness (QED) is 0.179. The molecule has 0 bridgehead atoms. The van der Waals surface area contributed by atoms with Crippen LogP contribution in [0, 0.1) is 10.1 Å². The third-order valence-corrected chi connectivity index (χ3v) is 9.93. The van der Waals surface area contributed by atoms with Crippen molar-refractivity contribution >= 4 is 32.5 Å². The van der Waals surface area contributed by atoms with Crippen LogP contribution in [0.4, 0.5) is 30.9 Å². The number of hydrogen-bond donors (Lipinski definition) is 0. The minimum Gasteiger partial charge on any atom is -0.258 e. The molecule has 36 heavy (non-hydrogen) atoms. The Morgan fingerprint density at radius 3 is 1.64 bits per heavy atom. The first-order valence-corrected chi connectivity index (χ1v) is 15.1. The zero-order chi connectivity index (χ0) is 26.3. The van der Waals surface area contributed by atoms with Crippen molar-refractivity contribution in [1.29, 1.82) is 0 Å². The van der Waals surface area contributed by atoms with Crippen LogP contribution >= 0.6 is 15.8 Å². The van der Waals surface area contributed by atoms with Crippen LogP contribution in [0.5, 0.6) is 0 Å². The first kappa shape index (κ1) is 27.2. The van der Waals surface area contributed by atoms with Gasteiger partial charge in [0.1, 0.15) is 11.0 Å². The van der Waals surface area contributed by atoms with Gasteiger partial charge >= 0.3 is 40.9 Å². The Morgan fingerprint density at radius 2 is 1.25 bits per heavy atom. The average Bonchev–Trinajstić information content (AvgIpc) is 3.58. The van der Waals surface area contributed by atoms with Gasteiger partial charge in [0.2, 0.25) is 0 Å². The number of aromatic nitrogens is 3. The monoisotopic (exact) mass is 565 g/mol. The van der Waals surface area contributed by atoms with Crippen LogP contribution in [-0.4, -0.2) is 73.4 Å². The minimum absolute atomic E-state index is 0.0251. The fourth-order valence-corrected chi connectivity index (χ4v) is 8.86. The largest absolute Gasteiger partial charge is 0.451 e. The van der Waals surface area contributed by atoms with E-state index in [1.807, 2.05) is 0 Å². The zero-order valence-electron chi connectivity index (χ0n) is 19.2. The molecule has 10 nitrogen and oxygen atoms in total. The van der Waals surface area contributed by atoms with Crippen molar-refractivity contribution in [3.63, 3.8) is 0 Å². The second-order valence-electron chi connectivity index (χ2n) is 8.93. The van der Waals surface area contributed by atoms with Gasteiger partial charge in [-0.05, 0) is 54.6 Å². The second kappa shape index (κ2) is 9.16. The number of halogens is 6. The summed E-state index contributed by atoms with van der Waals surface area (Å²) in [6.45, 7) is 6.13. The number of hydrogen-bond acceptors (Lipinski definition) is 8. The summed E-state index contributed by atoms with van der Waals surface area (Å²) in [6.07, 6.45) is 7.06. The maximum Gasteiger partial charge on any atom is 0.451 e. The summed E-state index contributed by atoms with van der Waals surface area (Å²) in [5.74, 6) is 0. The Hall–Kier alpha value is -1.86. The van der Waals surface area contributed by atoms with E-state index in [1.165, 1.54) is 55.5 Å². The summed E-state index contributed by atoms with van der Waals surface area (Å²) >= 11 is 0. The van der Waals surface area contributed by atoms with E-state index >= 15 is 0 Å². The van der Waals surface area contributed by atoms with Crippen LogP contribution in [0.3, 0.4) is 0 Å². The summed E-state index contributed by atoms with van der Waals surface area (Å²) in [6, 6.07) is 4.62. The molecule has 4 heterocycles. The molecule has 0 saturated carbocycles. The molecule has 2 aromatic rings. The minimum atomic E-state index is -10.7. The summed E-state index contributed by atoms with van der Waals surface area (Å²) in [4.78, 5) is 12.4. The van der Waals surface area contributed by atoms with Crippen LogP contribution in [0.2, 0.25) is 0 Å². The van der Waals surface area contributed by atoms with Gasteiger partial charge in [0, 0.05) is 51.4 Å². The third-order valence-electron chi connectivity index (χ3n) is 6.15. The molecule has 204 valence electrons. The summed E-state index contributed by atoms with van der Waals surface area (Å²) in [5.41, 5.74) is 1.19. The topological polar surface area (TPSA) is 92.8 Å². The van der Waals surface area contributed by atoms with Crippen molar-refractivity contribution in [3.05, 3.63) is 28.3 Å². The van der Waals surface area contributed by atoms with E-state index in [-0.39, 0.29) is 10.6 Å². The summed E-state index contributed by atoms with van der Waals surface area (Å²) in [5, 5.41) is 19.8. The van der Waals surface area contributed by atoms with Gasteiger partial charge in [-0.2, -0.15) is 4.62 Å². The number of nitro benzene ring substituents is 1. The normalized spacial score (nSPS) is 22.3. The number of non-ortho nitro benzene ring substituents is 1. The number of benzene rings is 1. The standard InChI is InChI=1S/C18H27N7O3P.F6P/c26-25(27)16-7-8-17-18(15-16)24(20-19-17)28-29(21-9-1-2-10-21,22-11-3-4-12-22)23-13-5-6-14-23;1-7(2,3,4,5)6/h7-8,15H,1-6,9-14H2;/q+1;-1. The summed E-state index contributed by atoms with van der Waals surface area (Å²) < 4.78 is 73.7. The van der Waals surface area contributed by atoms with E-state index in [4.69, 9.17) is 4.62 Å². The van der Waals surface area contributed by atoms with Crippen LogP contribution in [0.1, 0.15) is 38.5 Å². The maximum atomic E-state index is 11.3. The molecular weight excluding hydrogens is 538 g/mol. The Bertz CT molecular complexity index is 1050. The Morgan fingerprint density at radius 1 is 0.833 bits per heavy atom. The molecule has 0 radical (unpaired) electrons. The van der Waals surface area contributed by atoms with E-state index in [0.717, 1.165) is 39.3 Å². The third kappa shape index (κ3) is 6.71. The molecule has 3 fully saturated rings. The molecule has 3 aliphatic heterocycles. The van der Waals surface area contributed by atoms with Crippen molar-refractivity contribution in [2.45, 2.75) is 38.5 Å². The van der Waals surface area contributed by atoms with Crippen molar-refractivity contribution in [3.8, 4) is 0 Å². The molecule has 0 atom stereocenters. The predicted molar refractivity (Wildman–Crippen MR) is 124 cm³/mol. The van der Waals surface area contributed by atoms with Gasteiger partial charge in [-0.1, -0.05) is 0 Å². The fraction of sp³-hybridized carbons (Fsp3) is 0.667. The number of fused-ring (bicyclic) bond motifs is 1. The van der Waals surface area contributed by atoms with Gasteiger partial charge in [0.05, 0.1) is 4.92 Å². The van der Waals surface area contributed by atoms with E-state index in [1.54, 1.807) is 6.07 Å². The smallest absolute Gasteiger partial charge is 0.258 e. The Labute approximate surface area is 203 Å². The van der Waals surface area contributed by atoms with Gasteiger partial charge in [-0.25, -0.2) is 0 Å². The van der Waals surface area contributed by atoms with Crippen LogP contribution in [0.15, 0.2) is 18.2 Å². The molecule has 0 amide bonds. The first-order valence-electron chi connectivity index (χ1n) is 11.6. The Kier molecular flexibility index (Phi) is 6.91. The second-order valence-corrected chi connectivity index (χ2v) is 13.7. The van der Waals surface area contributed by atoms with Gasteiger partial charge in [-0.15, -0.1) is 19.1 Å². The van der Waals surface area contributed by atoms with Crippen LogP contribution in [0.25, 0.3) is 11.0 Å². The van der Waals surface area contributed by atoms with Crippen LogP contribution < -0.4 is 4.62 Å². The molecule has 1 aromatic carbocycles. The van der Waals surface area contributed by atoms with E-state index in [0.29, 0.717) is 11.0 Å². The first-order chi connectivity index (χ1) is 16.6. The van der Waals surface area contributed by atoms with Gasteiger partial charge in [0.15, 0.2) is 0 Å². The number of rotatable bonds is 6. The fourth-order valence-electron chi connectivity index (χ4n) is 4.74. The molecule has 3 aliphatic rings. The zero-order valence-corrected chi connectivity index (χ0v) is 21.0. The predicted octanol–water partition coefficient (Wildman–Crippen LogP) is 6.12. The van der Waals surface area contributed by atoms with Crippen molar-refractivity contribution in [1.82, 2.24) is 29.2 Å². The van der Waals surface area contributed by atoms with Gasteiger partial charge in [0.25, 0.3) is 5.69 Å². The summed E-state index contributed by atoms with van der Waals surface area (Å²) in [7, 11) is -12.9. The molecule has 0 unspecified atom stereocenters. The van der Waals surface area contributed by atoms with Gasteiger partial charge in [-0.3, -0.25) is 10.1 Å². The molecule has 0 N–H and O–H groups in total. The van der Waals surface area contributed by atoms with Gasteiger partial charge < -0.3 is 0 Å². The van der Waals surface area contributed by atoms with E-state index in [9.17, 15) is 35.3 Å². The average molecular weight is 565 g/mol. The maximum absolute atomic E-state index is 11.3. The van der Waals surface area contributed by atoms with Crippen molar-refractivity contribution < 1.29 is 34.7 Å². The molecule has 0 spiro atoms. The van der Waals surface area contributed by atoms with Crippen LogP contribution in [-0.2, 0) is 0 Å². The van der Waals surface area contributed by atoms with Crippen molar-refractivity contribution in [2.75, 3.05) is 39.3 Å². The number of nitro groups is 1. The Balaban J connectivity index is 0.000000384. The molecule has 18 heteroatoms. The van der Waals surface area contributed by atoms with E-state index in [2.05, 4.69) is 24.3 Å². The molecule has 1 aromatic heterocycles. The van der Waals surface area contributed by atoms with Crippen molar-refractivity contribution in [2.24, 2.45) is 0 Å². The SMILES string of the molecule is F[P-](F)(F)(F)(F)F.O=[N+]([O-])c1ccc2nnn(O[P+](N3CCCC3)(N3CCCC3)N3CCCC3)c2c1. The number of nitrogens with zero attached hydrogens (tertiary/aromatic N) is 7. The molecule has 5 rings (SSSR count).